The van der Waals surface area contributed by atoms with Crippen LogP contribution in [0.4, 0.5) is 5.69 Å². The average Bonchev–Trinajstić information content (AvgIpc) is 2.58. The minimum atomic E-state index is -0.488. The Morgan fingerprint density at radius 1 is 1.29 bits per heavy atom. The number of anilines is 1. The summed E-state index contributed by atoms with van der Waals surface area (Å²) in [6.07, 6.45) is 1.45. The van der Waals surface area contributed by atoms with E-state index in [4.69, 9.17) is 4.74 Å². The molecule has 0 saturated heterocycles. The number of benzene rings is 2. The van der Waals surface area contributed by atoms with Crippen LogP contribution in [0, 0.1) is 25.2 Å². The lowest BCUT2D eigenvalue weighted by molar-refractivity contribution is -0.112. The predicted octanol–water partition coefficient (Wildman–Crippen LogP) is 3.56. The van der Waals surface area contributed by atoms with Gasteiger partial charge in [0.25, 0.3) is 5.91 Å². The molecule has 0 fully saturated rings. The highest BCUT2D eigenvalue weighted by Gasteiger charge is 2.12. The normalized spacial score (nSPS) is 10.8. The summed E-state index contributed by atoms with van der Waals surface area (Å²) in [5, 5.41) is 21.6. The zero-order chi connectivity index (χ0) is 17.7. The first-order valence-electron chi connectivity index (χ1n) is 7.32. The quantitative estimate of drug-likeness (QED) is 0.666. The predicted molar refractivity (Wildman–Crippen MR) is 92.8 cm³/mol. The molecular formula is C19H18N2O3. The van der Waals surface area contributed by atoms with Crippen LogP contribution >= 0.6 is 0 Å². The number of carbonyl (C=O) groups excluding carboxylic acids is 1. The van der Waals surface area contributed by atoms with Gasteiger partial charge in [-0.15, -0.1) is 0 Å². The number of hydrogen-bond acceptors (Lipinski definition) is 4. The second-order valence-electron chi connectivity index (χ2n) is 5.30. The van der Waals surface area contributed by atoms with Crippen LogP contribution in [0.5, 0.6) is 11.5 Å². The van der Waals surface area contributed by atoms with E-state index >= 15 is 0 Å². The van der Waals surface area contributed by atoms with E-state index in [0.29, 0.717) is 11.3 Å². The van der Waals surface area contributed by atoms with Gasteiger partial charge in [0.2, 0.25) is 0 Å². The summed E-state index contributed by atoms with van der Waals surface area (Å²) in [6.45, 7) is 3.86. The first kappa shape index (κ1) is 17.1. The number of rotatable bonds is 4. The first-order chi connectivity index (χ1) is 11.5. The molecule has 0 radical (unpaired) electrons. The largest absolute Gasteiger partial charge is 0.504 e. The van der Waals surface area contributed by atoms with Gasteiger partial charge in [0.05, 0.1) is 7.11 Å². The summed E-state index contributed by atoms with van der Waals surface area (Å²) in [6, 6.07) is 12.1. The van der Waals surface area contributed by atoms with Gasteiger partial charge in [0.15, 0.2) is 11.5 Å². The Morgan fingerprint density at radius 3 is 2.71 bits per heavy atom. The summed E-state index contributed by atoms with van der Waals surface area (Å²) in [7, 11) is 1.43. The Morgan fingerprint density at radius 2 is 2.04 bits per heavy atom. The van der Waals surface area contributed by atoms with Crippen molar-refractivity contribution >= 4 is 17.7 Å². The lowest BCUT2D eigenvalue weighted by Crippen LogP contribution is -2.14. The zero-order valence-corrected chi connectivity index (χ0v) is 13.8. The van der Waals surface area contributed by atoms with E-state index in [0.717, 1.165) is 11.1 Å². The Bertz CT molecular complexity index is 848. The summed E-state index contributed by atoms with van der Waals surface area (Å²) >= 11 is 0. The molecule has 0 aliphatic carbocycles. The van der Waals surface area contributed by atoms with Crippen molar-refractivity contribution in [3.63, 3.8) is 0 Å². The summed E-state index contributed by atoms with van der Waals surface area (Å²) in [5.41, 5.74) is 3.22. The number of aromatic hydroxyl groups is 1. The highest BCUT2D eigenvalue weighted by Crippen LogP contribution is 2.27. The molecule has 122 valence electrons. The molecule has 0 aliphatic heterocycles. The third kappa shape index (κ3) is 3.73. The highest BCUT2D eigenvalue weighted by molar-refractivity contribution is 6.10. The highest BCUT2D eigenvalue weighted by atomic mass is 16.5. The molecule has 24 heavy (non-hydrogen) atoms. The number of nitrogens with zero attached hydrogens (tertiary/aromatic N) is 1. The molecule has 5 heteroatoms. The number of carbonyl (C=O) groups is 1. The third-order valence-electron chi connectivity index (χ3n) is 3.73. The maximum Gasteiger partial charge on any atom is 0.266 e. The van der Waals surface area contributed by atoms with Gasteiger partial charge in [-0.25, -0.2) is 0 Å². The van der Waals surface area contributed by atoms with E-state index < -0.39 is 5.91 Å². The topological polar surface area (TPSA) is 82.3 Å². The van der Waals surface area contributed by atoms with E-state index in [2.05, 4.69) is 5.32 Å². The van der Waals surface area contributed by atoms with E-state index in [-0.39, 0.29) is 17.1 Å². The maximum atomic E-state index is 12.4. The van der Waals surface area contributed by atoms with Crippen LogP contribution in [0.25, 0.3) is 6.08 Å². The number of amides is 1. The molecule has 0 bridgehead atoms. The van der Waals surface area contributed by atoms with Crippen molar-refractivity contribution in [1.29, 1.82) is 5.26 Å². The second-order valence-corrected chi connectivity index (χ2v) is 5.30. The Labute approximate surface area is 140 Å². The van der Waals surface area contributed by atoms with Gasteiger partial charge in [0.1, 0.15) is 11.6 Å². The summed E-state index contributed by atoms with van der Waals surface area (Å²) in [4.78, 5) is 12.4. The molecule has 1 amide bonds. The molecule has 0 aromatic heterocycles. The number of ether oxygens (including phenoxy) is 1. The summed E-state index contributed by atoms with van der Waals surface area (Å²) in [5.74, 6) is -0.220. The molecule has 0 saturated carbocycles. The number of nitriles is 1. The molecule has 5 nitrogen and oxygen atoms in total. The molecule has 2 rings (SSSR count). The van der Waals surface area contributed by atoms with Gasteiger partial charge in [-0.3, -0.25) is 4.79 Å². The van der Waals surface area contributed by atoms with Crippen LogP contribution in [0.1, 0.15) is 16.7 Å². The third-order valence-corrected chi connectivity index (χ3v) is 3.73. The van der Waals surface area contributed by atoms with Crippen LogP contribution in [0.3, 0.4) is 0 Å². The van der Waals surface area contributed by atoms with Crippen molar-refractivity contribution in [1.82, 2.24) is 0 Å². The second kappa shape index (κ2) is 7.34. The minimum Gasteiger partial charge on any atom is -0.504 e. The Balaban J connectivity index is 2.29. The van der Waals surface area contributed by atoms with Crippen molar-refractivity contribution in [2.24, 2.45) is 0 Å². The van der Waals surface area contributed by atoms with Gasteiger partial charge >= 0.3 is 0 Å². The molecule has 0 heterocycles. The van der Waals surface area contributed by atoms with Gasteiger partial charge in [-0.2, -0.15) is 5.26 Å². The summed E-state index contributed by atoms with van der Waals surface area (Å²) < 4.78 is 5.02. The Hall–Kier alpha value is -3.26. The zero-order valence-electron chi connectivity index (χ0n) is 13.8. The van der Waals surface area contributed by atoms with Gasteiger partial charge < -0.3 is 15.2 Å². The molecule has 2 aromatic rings. The van der Waals surface area contributed by atoms with E-state index in [1.54, 1.807) is 18.2 Å². The molecule has 0 spiro atoms. The molecule has 2 N–H and O–H groups in total. The van der Waals surface area contributed by atoms with Gasteiger partial charge in [0, 0.05) is 5.69 Å². The average molecular weight is 322 g/mol. The van der Waals surface area contributed by atoms with Gasteiger partial charge in [-0.1, -0.05) is 18.2 Å². The lowest BCUT2D eigenvalue weighted by atomic mass is 10.1. The molecule has 2 aromatic carbocycles. The maximum absolute atomic E-state index is 12.4. The molecule has 0 unspecified atom stereocenters. The van der Waals surface area contributed by atoms with Crippen molar-refractivity contribution in [2.75, 3.05) is 12.4 Å². The number of hydrogen-bond donors (Lipinski definition) is 2. The standard InChI is InChI=1S/C19H18N2O3/c1-12-5-4-6-16(13(12)2)21-19(23)15(11-20)9-14-7-8-17(22)18(10-14)24-3/h4-10,22H,1-3H3,(H,21,23)/b15-9-. The fraction of sp³-hybridized carbons (Fsp3) is 0.158. The van der Waals surface area contributed by atoms with E-state index in [1.807, 2.05) is 32.0 Å². The van der Waals surface area contributed by atoms with Crippen molar-refractivity contribution in [2.45, 2.75) is 13.8 Å². The van der Waals surface area contributed by atoms with E-state index in [1.165, 1.54) is 19.3 Å². The lowest BCUT2D eigenvalue weighted by Gasteiger charge is -2.10. The van der Waals surface area contributed by atoms with Crippen LogP contribution < -0.4 is 10.1 Å². The molecular weight excluding hydrogens is 304 g/mol. The monoisotopic (exact) mass is 322 g/mol. The molecule has 0 atom stereocenters. The SMILES string of the molecule is COc1cc(/C=C(/C#N)C(=O)Nc2cccc(C)c2C)ccc1O. The number of aryl methyl sites for hydroxylation is 1. The smallest absolute Gasteiger partial charge is 0.266 e. The number of nitrogens with one attached hydrogen (secondary N) is 1. The Kier molecular flexibility index (Phi) is 5.23. The van der Waals surface area contributed by atoms with Crippen LogP contribution in [0.15, 0.2) is 42.0 Å². The number of phenols is 1. The van der Waals surface area contributed by atoms with Crippen molar-refractivity contribution < 1.29 is 14.6 Å². The van der Waals surface area contributed by atoms with Crippen molar-refractivity contribution in [3.05, 3.63) is 58.7 Å². The van der Waals surface area contributed by atoms with Crippen LogP contribution in [0.2, 0.25) is 0 Å². The van der Waals surface area contributed by atoms with Crippen LogP contribution in [-0.2, 0) is 4.79 Å². The van der Waals surface area contributed by atoms with E-state index in [9.17, 15) is 15.2 Å². The van der Waals surface area contributed by atoms with Crippen LogP contribution in [-0.4, -0.2) is 18.1 Å². The first-order valence-corrected chi connectivity index (χ1v) is 7.32. The number of phenolic OH excluding ortho intramolecular Hbond substituents is 1. The number of methoxy groups -OCH3 is 1. The fourth-order valence-electron chi connectivity index (χ4n) is 2.18. The fourth-order valence-corrected chi connectivity index (χ4v) is 2.18. The molecule has 0 aliphatic rings. The van der Waals surface area contributed by atoms with Crippen molar-refractivity contribution in [3.8, 4) is 17.6 Å². The minimum absolute atomic E-state index is 0.00649. The van der Waals surface area contributed by atoms with Gasteiger partial charge in [-0.05, 0) is 54.8 Å².